The molecule has 0 fully saturated rings. The Morgan fingerprint density at radius 3 is 1.62 bits per heavy atom. The zero-order valence-electron chi connectivity index (χ0n) is 20.0. The lowest BCUT2D eigenvalue weighted by Crippen LogP contribution is -1.97. The summed E-state index contributed by atoms with van der Waals surface area (Å²) in [5.41, 5.74) is 1.67. The second-order valence-electron chi connectivity index (χ2n) is 8.63. The summed E-state index contributed by atoms with van der Waals surface area (Å²) < 4.78 is 35.1. The summed E-state index contributed by atoms with van der Waals surface area (Å²) in [5, 5.41) is 0. The van der Waals surface area contributed by atoms with E-state index in [-0.39, 0.29) is 11.1 Å². The first-order valence-corrected chi connectivity index (χ1v) is 12.5. The van der Waals surface area contributed by atoms with E-state index in [1.165, 1.54) is 57.8 Å². The number of halogens is 2. The molecule has 0 aliphatic rings. The van der Waals surface area contributed by atoms with Crippen LogP contribution in [0.2, 0.25) is 0 Å². The van der Waals surface area contributed by atoms with Crippen molar-refractivity contribution in [2.24, 2.45) is 0 Å². The van der Waals surface area contributed by atoms with Gasteiger partial charge in [0.15, 0.2) is 11.7 Å². The third-order valence-electron chi connectivity index (χ3n) is 5.84. The van der Waals surface area contributed by atoms with Crippen LogP contribution in [0.1, 0.15) is 101 Å². The van der Waals surface area contributed by atoms with E-state index in [0.717, 1.165) is 24.8 Å². The van der Waals surface area contributed by atoms with Crippen LogP contribution in [-0.4, -0.2) is 6.61 Å². The van der Waals surface area contributed by atoms with Gasteiger partial charge in [-0.25, -0.2) is 8.78 Å². The molecule has 2 aromatic carbocycles. The minimum absolute atomic E-state index is 0.231. The van der Waals surface area contributed by atoms with Gasteiger partial charge < -0.3 is 4.74 Å². The zero-order valence-corrected chi connectivity index (χ0v) is 20.0. The van der Waals surface area contributed by atoms with Crippen LogP contribution in [0, 0.1) is 0 Å². The molecule has 0 bridgehead atoms. The number of ether oxygens (including phenoxy) is 1. The Kier molecular flexibility index (Phi) is 12.7. The van der Waals surface area contributed by atoms with Gasteiger partial charge >= 0.3 is 0 Å². The van der Waals surface area contributed by atoms with Crippen LogP contribution >= 0.6 is 0 Å². The summed E-state index contributed by atoms with van der Waals surface area (Å²) in [4.78, 5) is 0. The lowest BCUT2D eigenvalue weighted by Gasteiger charge is -2.08. The fourth-order valence-corrected chi connectivity index (χ4v) is 3.77. The average molecular weight is 443 g/mol. The van der Waals surface area contributed by atoms with Crippen molar-refractivity contribution in [1.82, 2.24) is 0 Å². The van der Waals surface area contributed by atoms with Gasteiger partial charge in [0.2, 0.25) is 0 Å². The lowest BCUT2D eigenvalue weighted by atomic mass is 10.0. The largest absolute Gasteiger partial charge is 0.494 e. The maximum atomic E-state index is 14.7. The van der Waals surface area contributed by atoms with Gasteiger partial charge in [0, 0.05) is 11.1 Å². The fourth-order valence-electron chi connectivity index (χ4n) is 3.77. The summed E-state index contributed by atoms with van der Waals surface area (Å²) in [6.07, 6.45) is 14.5. The second kappa shape index (κ2) is 15.6. The van der Waals surface area contributed by atoms with Crippen LogP contribution in [0.15, 0.2) is 48.5 Å². The molecule has 0 saturated heterocycles. The molecule has 0 aromatic heterocycles. The Bertz CT molecular complexity index is 778. The molecule has 0 N–H and O–H groups in total. The minimum Gasteiger partial charge on any atom is -0.494 e. The van der Waals surface area contributed by atoms with Crippen molar-refractivity contribution in [3.05, 3.63) is 65.2 Å². The molecule has 0 atom stereocenters. The predicted octanol–water partition coefficient (Wildman–Crippen LogP) is 9.70. The number of unbranched alkanes of at least 4 members (excludes halogenated alkanes) is 9. The monoisotopic (exact) mass is 442 g/mol. The van der Waals surface area contributed by atoms with Gasteiger partial charge in [0.1, 0.15) is 5.75 Å². The lowest BCUT2D eigenvalue weighted by molar-refractivity contribution is 0.304. The molecule has 2 rings (SSSR count). The molecule has 0 saturated carbocycles. The highest BCUT2D eigenvalue weighted by Gasteiger charge is 2.12. The molecule has 0 amide bonds. The van der Waals surface area contributed by atoms with Crippen LogP contribution in [0.5, 0.6) is 5.75 Å². The van der Waals surface area contributed by atoms with Gasteiger partial charge in [0.05, 0.1) is 6.61 Å². The summed E-state index contributed by atoms with van der Waals surface area (Å²) in [6.45, 7) is 5.06. The minimum atomic E-state index is -0.835. The quantitative estimate of drug-likeness (QED) is 0.186. The average Bonchev–Trinajstić information content (AvgIpc) is 2.83. The molecule has 0 spiro atoms. The number of benzene rings is 2. The van der Waals surface area contributed by atoms with Crippen LogP contribution in [0.4, 0.5) is 8.78 Å². The summed E-state index contributed by atoms with van der Waals surface area (Å²) in [6, 6.07) is 13.7. The molecule has 0 unspecified atom stereocenters. The highest BCUT2D eigenvalue weighted by Crippen LogP contribution is 2.30. The Morgan fingerprint density at radius 1 is 0.594 bits per heavy atom. The van der Waals surface area contributed by atoms with Crippen molar-refractivity contribution in [2.45, 2.75) is 90.9 Å². The van der Waals surface area contributed by atoms with Crippen molar-refractivity contribution >= 4 is 11.7 Å². The van der Waals surface area contributed by atoms with Crippen molar-refractivity contribution in [3.63, 3.8) is 0 Å². The van der Waals surface area contributed by atoms with E-state index in [1.807, 2.05) is 12.1 Å². The van der Waals surface area contributed by atoms with Crippen molar-refractivity contribution in [3.8, 4) is 5.75 Å². The van der Waals surface area contributed by atoms with Crippen molar-refractivity contribution in [2.75, 3.05) is 6.61 Å². The number of aryl methyl sites for hydroxylation is 1. The van der Waals surface area contributed by atoms with E-state index in [9.17, 15) is 8.78 Å². The van der Waals surface area contributed by atoms with Gasteiger partial charge in [-0.3, -0.25) is 0 Å². The van der Waals surface area contributed by atoms with Gasteiger partial charge in [-0.2, -0.15) is 0 Å². The maximum absolute atomic E-state index is 14.7. The first-order chi connectivity index (χ1) is 15.7. The third-order valence-corrected chi connectivity index (χ3v) is 5.84. The standard InChI is InChI=1S/C29H40F2O/c1-3-5-7-8-9-10-11-13-23-32-27-21-19-26(20-22-27)29(31)28(30)25-17-15-24(16-18-25)14-12-6-4-2/h15-22H,3-14,23H2,1-2H3/b29-28+. The first kappa shape index (κ1) is 26.1. The molecule has 0 radical (unpaired) electrons. The SMILES string of the molecule is CCCCCCCCCCOc1ccc(/C(F)=C(\F)c2ccc(CCCCC)cc2)cc1. The Hall–Kier alpha value is -2.16. The molecule has 0 aliphatic carbocycles. The molecule has 32 heavy (non-hydrogen) atoms. The number of hydrogen-bond donors (Lipinski definition) is 0. The normalized spacial score (nSPS) is 12.0. The molecule has 3 heteroatoms. The van der Waals surface area contributed by atoms with E-state index in [4.69, 9.17) is 4.74 Å². The molecule has 0 heterocycles. The van der Waals surface area contributed by atoms with Gasteiger partial charge in [-0.15, -0.1) is 0 Å². The topological polar surface area (TPSA) is 9.23 Å². The Morgan fingerprint density at radius 2 is 1.06 bits per heavy atom. The zero-order chi connectivity index (χ0) is 23.0. The number of rotatable bonds is 16. The molecule has 176 valence electrons. The van der Waals surface area contributed by atoms with E-state index in [0.29, 0.717) is 12.4 Å². The van der Waals surface area contributed by atoms with E-state index >= 15 is 0 Å². The van der Waals surface area contributed by atoms with Crippen LogP contribution in [0.3, 0.4) is 0 Å². The number of hydrogen-bond acceptors (Lipinski definition) is 1. The van der Waals surface area contributed by atoms with Crippen molar-refractivity contribution < 1.29 is 13.5 Å². The van der Waals surface area contributed by atoms with E-state index < -0.39 is 11.7 Å². The Labute approximate surface area is 193 Å². The fraction of sp³-hybridized carbons (Fsp3) is 0.517. The maximum Gasteiger partial charge on any atom is 0.166 e. The smallest absolute Gasteiger partial charge is 0.166 e. The van der Waals surface area contributed by atoms with E-state index in [2.05, 4.69) is 13.8 Å². The van der Waals surface area contributed by atoms with Gasteiger partial charge in [-0.1, -0.05) is 95.9 Å². The third kappa shape index (κ3) is 9.54. The molecule has 0 aliphatic heterocycles. The van der Waals surface area contributed by atoms with Gasteiger partial charge in [-0.05, 0) is 49.1 Å². The highest BCUT2D eigenvalue weighted by atomic mass is 19.2. The Balaban J connectivity index is 1.79. The molecule has 1 nitrogen and oxygen atoms in total. The molecular formula is C29H40F2O. The second-order valence-corrected chi connectivity index (χ2v) is 8.63. The highest BCUT2D eigenvalue weighted by molar-refractivity contribution is 5.83. The predicted molar refractivity (Wildman–Crippen MR) is 133 cm³/mol. The summed E-state index contributed by atoms with van der Waals surface area (Å²) >= 11 is 0. The van der Waals surface area contributed by atoms with E-state index in [1.54, 1.807) is 36.4 Å². The summed E-state index contributed by atoms with van der Waals surface area (Å²) in [5.74, 6) is -0.961. The van der Waals surface area contributed by atoms with Crippen LogP contribution < -0.4 is 4.74 Å². The summed E-state index contributed by atoms with van der Waals surface area (Å²) in [7, 11) is 0. The van der Waals surface area contributed by atoms with Gasteiger partial charge in [0.25, 0.3) is 0 Å². The van der Waals surface area contributed by atoms with Crippen molar-refractivity contribution in [1.29, 1.82) is 0 Å². The molecule has 2 aromatic rings. The first-order valence-electron chi connectivity index (χ1n) is 12.5. The van der Waals surface area contributed by atoms with Crippen LogP contribution in [0.25, 0.3) is 11.7 Å². The molecular weight excluding hydrogens is 402 g/mol. The van der Waals surface area contributed by atoms with Crippen LogP contribution in [-0.2, 0) is 6.42 Å².